The summed E-state index contributed by atoms with van der Waals surface area (Å²) in [6.45, 7) is 20.9. The molecule has 0 bridgehead atoms. The molecule has 0 spiro atoms. The Hall–Kier alpha value is -3.72. The predicted molar refractivity (Wildman–Crippen MR) is 328 cm³/mol. The molecule has 0 radical (unpaired) electrons. The van der Waals surface area contributed by atoms with Gasteiger partial charge < -0.3 is 15.3 Å². The van der Waals surface area contributed by atoms with Crippen molar-refractivity contribution in [3.05, 3.63) is 120 Å². The van der Waals surface area contributed by atoms with Crippen LogP contribution in [-0.4, -0.2) is 15.3 Å². The highest BCUT2D eigenvalue weighted by molar-refractivity contribution is 5.57. The van der Waals surface area contributed by atoms with Gasteiger partial charge in [0, 0.05) is 0 Å². The van der Waals surface area contributed by atoms with Crippen molar-refractivity contribution in [2.75, 3.05) is 0 Å². The fraction of sp³-hybridized carbons (Fsp3) is 0.667. The molecule has 0 heterocycles. The lowest BCUT2D eigenvalue weighted by Crippen LogP contribution is -2.11. The topological polar surface area (TPSA) is 60.7 Å². The highest BCUT2D eigenvalue weighted by atomic mass is 16.3. The van der Waals surface area contributed by atoms with Crippen LogP contribution < -0.4 is 0 Å². The molecule has 0 saturated heterocycles. The third-order valence-corrected chi connectivity index (χ3v) is 17.1. The molecule has 0 saturated carbocycles. The first-order valence-electron chi connectivity index (χ1n) is 32.1. The molecule has 0 aliphatic rings. The molecule has 3 nitrogen and oxygen atoms in total. The summed E-state index contributed by atoms with van der Waals surface area (Å²) in [5.74, 6) is 1.64. The Labute approximate surface area is 463 Å². The predicted octanol–water partition coefficient (Wildman–Crippen LogP) is 21.6. The molecular formula is C72H114O3. The number of phenolic OH excluding ortho intramolecular Hbond substituents is 3. The zero-order valence-corrected chi connectivity index (χ0v) is 50.4. The lowest BCUT2D eigenvalue weighted by atomic mass is 9.80. The van der Waals surface area contributed by atoms with Gasteiger partial charge in [0.25, 0.3) is 0 Å². The number of benzene rings is 4. The van der Waals surface area contributed by atoms with Crippen LogP contribution in [0.1, 0.15) is 318 Å². The normalized spacial score (nSPS) is 11.6. The van der Waals surface area contributed by atoms with Gasteiger partial charge in [-0.15, -0.1) is 0 Å². The Morgan fingerprint density at radius 3 is 0.587 bits per heavy atom. The second-order valence-corrected chi connectivity index (χ2v) is 23.6. The van der Waals surface area contributed by atoms with E-state index in [0.29, 0.717) is 17.2 Å². The monoisotopic (exact) mass is 1030 g/mol. The number of rotatable bonds is 42. The Morgan fingerprint density at radius 2 is 0.400 bits per heavy atom. The largest absolute Gasteiger partial charge is 0.507 e. The zero-order valence-electron chi connectivity index (χ0n) is 50.4. The molecule has 3 heteroatoms. The first-order chi connectivity index (χ1) is 36.5. The Morgan fingerprint density at radius 1 is 0.240 bits per heavy atom. The van der Waals surface area contributed by atoms with Crippen molar-refractivity contribution >= 4 is 0 Å². The summed E-state index contributed by atoms with van der Waals surface area (Å²) < 4.78 is 0. The SMILES string of the molecule is CCCCCCCCc1cc(Cc2c(C)c(Cc3cc(CCCCCC)c(O)c(CCCCCCCC)c3)c(C)c(Cc3cc(CCCCCC)c(O)c(CCCCCCCC)c3)c2C)cc(CCCCCC)c1O. The molecule has 420 valence electrons. The third-order valence-electron chi connectivity index (χ3n) is 17.1. The molecule has 0 unspecified atom stereocenters. The quantitative estimate of drug-likeness (QED) is 0.0388. The van der Waals surface area contributed by atoms with E-state index in [4.69, 9.17) is 0 Å². The first-order valence-corrected chi connectivity index (χ1v) is 32.1. The minimum absolute atomic E-state index is 0.548. The maximum absolute atomic E-state index is 11.9. The van der Waals surface area contributed by atoms with E-state index in [1.807, 2.05) is 0 Å². The molecule has 0 aliphatic heterocycles. The highest BCUT2D eigenvalue weighted by Gasteiger charge is 2.22. The molecule has 75 heavy (non-hydrogen) atoms. The molecule has 4 rings (SSSR count). The van der Waals surface area contributed by atoms with E-state index < -0.39 is 0 Å². The van der Waals surface area contributed by atoms with Crippen molar-refractivity contribution in [1.82, 2.24) is 0 Å². The lowest BCUT2D eigenvalue weighted by molar-refractivity contribution is 0.456. The average Bonchev–Trinajstić information content (AvgIpc) is 3.40. The summed E-state index contributed by atoms with van der Waals surface area (Å²) in [4.78, 5) is 0. The zero-order chi connectivity index (χ0) is 54.2. The number of aryl methyl sites for hydroxylation is 6. The lowest BCUT2D eigenvalue weighted by Gasteiger charge is -2.25. The van der Waals surface area contributed by atoms with Crippen LogP contribution in [0.5, 0.6) is 17.2 Å². The van der Waals surface area contributed by atoms with E-state index >= 15 is 0 Å². The Kier molecular flexibility index (Phi) is 31.6. The number of hydrogen-bond acceptors (Lipinski definition) is 3. The number of phenols is 3. The van der Waals surface area contributed by atoms with E-state index in [2.05, 4.69) is 98.7 Å². The fourth-order valence-electron chi connectivity index (χ4n) is 12.3. The van der Waals surface area contributed by atoms with Crippen molar-refractivity contribution in [1.29, 1.82) is 0 Å². The summed E-state index contributed by atoms with van der Waals surface area (Å²) in [7, 11) is 0. The molecule has 0 aliphatic carbocycles. The van der Waals surface area contributed by atoms with Crippen molar-refractivity contribution in [3.8, 4) is 17.2 Å². The summed E-state index contributed by atoms with van der Waals surface area (Å²) in [6.07, 6.45) is 44.8. The molecular weight excluding hydrogens is 913 g/mol. The second-order valence-electron chi connectivity index (χ2n) is 23.6. The minimum atomic E-state index is 0.548. The fourth-order valence-corrected chi connectivity index (χ4v) is 12.3. The molecule has 4 aromatic rings. The molecule has 0 amide bonds. The molecule has 0 aromatic heterocycles. The smallest absolute Gasteiger partial charge is 0.121 e. The van der Waals surface area contributed by atoms with Crippen LogP contribution in [0.15, 0.2) is 36.4 Å². The molecule has 3 N–H and O–H groups in total. The van der Waals surface area contributed by atoms with Crippen LogP contribution in [0, 0.1) is 20.8 Å². The van der Waals surface area contributed by atoms with Crippen molar-refractivity contribution in [3.63, 3.8) is 0 Å². The molecule has 0 atom stereocenters. The minimum Gasteiger partial charge on any atom is -0.507 e. The van der Waals surface area contributed by atoms with Crippen LogP contribution in [0.4, 0.5) is 0 Å². The van der Waals surface area contributed by atoms with Gasteiger partial charge in [-0.3, -0.25) is 0 Å². The van der Waals surface area contributed by atoms with E-state index in [9.17, 15) is 15.3 Å². The molecule has 0 fully saturated rings. The second kappa shape index (κ2) is 37.2. The highest BCUT2D eigenvalue weighted by Crippen LogP contribution is 2.38. The van der Waals surface area contributed by atoms with Gasteiger partial charge in [-0.1, -0.05) is 232 Å². The summed E-state index contributed by atoms with van der Waals surface area (Å²) >= 11 is 0. The van der Waals surface area contributed by atoms with Crippen molar-refractivity contribution in [2.24, 2.45) is 0 Å². The maximum atomic E-state index is 11.9. The van der Waals surface area contributed by atoms with Crippen LogP contribution in [-0.2, 0) is 57.8 Å². The van der Waals surface area contributed by atoms with Crippen molar-refractivity contribution in [2.45, 2.75) is 313 Å². The van der Waals surface area contributed by atoms with E-state index in [-0.39, 0.29) is 0 Å². The van der Waals surface area contributed by atoms with Gasteiger partial charge in [-0.2, -0.15) is 0 Å². The van der Waals surface area contributed by atoms with Crippen LogP contribution in [0.25, 0.3) is 0 Å². The maximum Gasteiger partial charge on any atom is 0.121 e. The number of unbranched alkanes of at least 4 members (excludes halogenated alkanes) is 24. The van der Waals surface area contributed by atoms with Gasteiger partial charge in [-0.05, 0) is 201 Å². The third kappa shape index (κ3) is 21.9. The summed E-state index contributed by atoms with van der Waals surface area (Å²) in [6, 6.07) is 14.2. The van der Waals surface area contributed by atoms with Crippen LogP contribution in [0.3, 0.4) is 0 Å². The van der Waals surface area contributed by atoms with Gasteiger partial charge in [-0.25, -0.2) is 0 Å². The average molecular weight is 1030 g/mol. The first kappa shape index (κ1) is 63.8. The number of hydrogen-bond donors (Lipinski definition) is 3. The Bertz CT molecular complexity index is 1940. The summed E-state index contributed by atoms with van der Waals surface area (Å²) in [5, 5.41) is 35.7. The van der Waals surface area contributed by atoms with Gasteiger partial charge in [0.2, 0.25) is 0 Å². The summed E-state index contributed by atoms with van der Waals surface area (Å²) in [5.41, 5.74) is 19.2. The van der Waals surface area contributed by atoms with E-state index in [1.54, 1.807) is 0 Å². The van der Waals surface area contributed by atoms with Crippen LogP contribution in [0.2, 0.25) is 0 Å². The van der Waals surface area contributed by atoms with Crippen LogP contribution >= 0.6 is 0 Å². The van der Waals surface area contributed by atoms with Gasteiger partial charge in [0.15, 0.2) is 0 Å². The van der Waals surface area contributed by atoms with E-state index in [1.165, 1.54) is 204 Å². The standard InChI is InChI=1S/C72H114O3/c1-10-16-22-28-31-37-43-64-49-58(46-61(70(64)73)40-34-25-19-13-4)52-67-55(7)68(53-59-47-62(41-35-26-20-14-5)71(74)65(50-59)44-38-32-29-23-17-11-2)57(9)69(56(67)8)54-60-48-63(42-36-27-21-15-6)72(75)66(51-60)45-39-33-30-24-18-12-3/h46-51,73-75H,10-45,52-54H2,1-9H3. The van der Waals surface area contributed by atoms with Gasteiger partial charge in [0.05, 0.1) is 0 Å². The van der Waals surface area contributed by atoms with Crippen molar-refractivity contribution < 1.29 is 15.3 Å². The van der Waals surface area contributed by atoms with Gasteiger partial charge in [0.1, 0.15) is 17.2 Å². The number of aromatic hydroxyl groups is 3. The van der Waals surface area contributed by atoms with Gasteiger partial charge >= 0.3 is 0 Å². The molecule has 4 aromatic carbocycles. The van der Waals surface area contributed by atoms with E-state index in [0.717, 1.165) is 130 Å². The Balaban J connectivity index is 1.89.